The van der Waals surface area contributed by atoms with E-state index < -0.39 is 0 Å². The van der Waals surface area contributed by atoms with Crippen molar-refractivity contribution in [3.63, 3.8) is 0 Å². The highest BCUT2D eigenvalue weighted by atomic mass is 79.9. The predicted octanol–water partition coefficient (Wildman–Crippen LogP) is 7.48. The number of benzene rings is 2. The first-order valence-corrected chi connectivity index (χ1v) is 14.0. The predicted molar refractivity (Wildman–Crippen MR) is 165 cm³/mol. The fourth-order valence-corrected chi connectivity index (χ4v) is 3.55. The van der Waals surface area contributed by atoms with Crippen LogP contribution < -0.4 is 14.2 Å². The molecule has 2 rings (SSSR count). The second kappa shape index (κ2) is 20.9. The molecule has 0 aliphatic heterocycles. The Balaban J connectivity index is 0. The summed E-state index contributed by atoms with van der Waals surface area (Å²) in [4.78, 5) is 21.5. The van der Waals surface area contributed by atoms with Gasteiger partial charge in [-0.25, -0.2) is 4.79 Å². The van der Waals surface area contributed by atoms with Crippen LogP contribution in [0.25, 0.3) is 0 Å². The summed E-state index contributed by atoms with van der Waals surface area (Å²) in [5.74, 6) is 2.76. The van der Waals surface area contributed by atoms with E-state index >= 15 is 0 Å². The van der Waals surface area contributed by atoms with Crippen LogP contribution in [0.5, 0.6) is 23.0 Å². The molecule has 228 valence electrons. The van der Waals surface area contributed by atoms with Crippen molar-refractivity contribution >= 4 is 27.9 Å². The maximum atomic E-state index is 11.3. The van der Waals surface area contributed by atoms with Crippen LogP contribution in [-0.4, -0.2) is 56.4 Å². The van der Waals surface area contributed by atoms with Crippen LogP contribution in [0.3, 0.4) is 0 Å². The molecule has 0 aliphatic carbocycles. The highest BCUT2D eigenvalue weighted by molar-refractivity contribution is 9.09. The summed E-state index contributed by atoms with van der Waals surface area (Å²) in [6.45, 7) is 16.4. The van der Waals surface area contributed by atoms with Gasteiger partial charge in [-0.15, -0.1) is 0 Å². The number of phenols is 1. The Kier molecular flexibility index (Phi) is 20.5. The quantitative estimate of drug-likeness (QED) is 0.213. The van der Waals surface area contributed by atoms with Crippen LogP contribution in [0, 0.1) is 13.8 Å². The van der Waals surface area contributed by atoms with Crippen LogP contribution in [0.4, 0.5) is 0 Å². The van der Waals surface area contributed by atoms with E-state index in [9.17, 15) is 14.7 Å². The lowest BCUT2D eigenvalue weighted by Gasteiger charge is -2.16. The van der Waals surface area contributed by atoms with Gasteiger partial charge in [0.15, 0.2) is 6.61 Å². The van der Waals surface area contributed by atoms with Gasteiger partial charge in [-0.05, 0) is 74.9 Å². The van der Waals surface area contributed by atoms with E-state index in [0.29, 0.717) is 36.0 Å². The first kappa shape index (κ1) is 39.2. The molecule has 40 heavy (non-hydrogen) atoms. The van der Waals surface area contributed by atoms with Crippen molar-refractivity contribution < 1.29 is 38.4 Å². The maximum absolute atomic E-state index is 11.3. The van der Waals surface area contributed by atoms with Gasteiger partial charge in [0.05, 0.1) is 27.4 Å². The summed E-state index contributed by atoms with van der Waals surface area (Å²) in [5.41, 5.74) is 3.89. The molecule has 8 nitrogen and oxygen atoms in total. The Bertz CT molecular complexity index is 1030. The van der Waals surface area contributed by atoms with Crippen molar-refractivity contribution in [3.05, 3.63) is 46.5 Å². The highest BCUT2D eigenvalue weighted by Crippen LogP contribution is 2.33. The van der Waals surface area contributed by atoms with Crippen LogP contribution in [0.15, 0.2) is 24.3 Å². The summed E-state index contributed by atoms with van der Waals surface area (Å²) < 4.78 is 25.4. The highest BCUT2D eigenvalue weighted by Gasteiger charge is 2.14. The number of halogens is 1. The maximum Gasteiger partial charge on any atom is 0.344 e. The Labute approximate surface area is 249 Å². The molecule has 2 aromatic carbocycles. The van der Waals surface area contributed by atoms with Crippen molar-refractivity contribution in [2.75, 3.05) is 39.4 Å². The number of carbonyl (C=O) groups is 2. The molecule has 0 atom stereocenters. The molecule has 0 bridgehead atoms. The molecule has 0 aliphatic rings. The number of phenolic OH excluding ortho intramolecular Hbond substituents is 1. The molecule has 0 amide bonds. The molecule has 0 unspecified atom stereocenters. The van der Waals surface area contributed by atoms with Crippen molar-refractivity contribution in [2.45, 2.75) is 74.7 Å². The lowest BCUT2D eigenvalue weighted by atomic mass is 10.00. The molecular weight excluding hydrogens is 580 g/mol. The molecule has 0 spiro atoms. The Morgan fingerprint density at radius 3 is 1.62 bits per heavy atom. The zero-order valence-corrected chi connectivity index (χ0v) is 26.6. The van der Waals surface area contributed by atoms with Crippen molar-refractivity contribution in [1.82, 2.24) is 0 Å². The third kappa shape index (κ3) is 13.9. The number of aromatic hydroxyl groups is 1. The number of hydrogen-bond acceptors (Lipinski definition) is 8. The van der Waals surface area contributed by atoms with Gasteiger partial charge in [-0.2, -0.15) is 0 Å². The smallest absolute Gasteiger partial charge is 0.344 e. The SMILES string of the molecule is C.CCOC(=O)CBr.CCOC(=O)COc1cc(C)c(OC)cc1C(C)C.COc1cc(C(C)C)c(O)cc1C. The van der Waals surface area contributed by atoms with Crippen LogP contribution in [-0.2, 0) is 19.1 Å². The Morgan fingerprint density at radius 2 is 1.23 bits per heavy atom. The van der Waals surface area contributed by atoms with Gasteiger partial charge >= 0.3 is 11.9 Å². The molecule has 0 aromatic heterocycles. The second-order valence-electron chi connectivity index (χ2n) is 9.08. The van der Waals surface area contributed by atoms with Gasteiger partial charge < -0.3 is 28.8 Å². The number of carbonyl (C=O) groups excluding carboxylic acids is 2. The summed E-state index contributed by atoms with van der Waals surface area (Å²) >= 11 is 2.94. The molecule has 9 heteroatoms. The number of aryl methyl sites for hydroxylation is 2. The Morgan fingerprint density at radius 1 is 0.775 bits per heavy atom. The van der Waals surface area contributed by atoms with Gasteiger partial charge in [0, 0.05) is 11.1 Å². The van der Waals surface area contributed by atoms with E-state index in [1.807, 2.05) is 45.9 Å². The third-order valence-electron chi connectivity index (χ3n) is 5.38. The Hall–Kier alpha value is -2.94. The summed E-state index contributed by atoms with van der Waals surface area (Å²) in [6, 6.07) is 7.50. The van der Waals surface area contributed by atoms with Gasteiger partial charge in [-0.3, -0.25) is 4.79 Å². The molecule has 0 radical (unpaired) electrons. The van der Waals surface area contributed by atoms with E-state index in [4.69, 9.17) is 18.9 Å². The number of ether oxygens (including phenoxy) is 5. The minimum Gasteiger partial charge on any atom is -0.508 e. The first-order chi connectivity index (χ1) is 18.4. The number of alkyl halides is 1. The summed E-state index contributed by atoms with van der Waals surface area (Å²) in [6.07, 6.45) is 0. The van der Waals surface area contributed by atoms with Crippen LogP contribution in [0.1, 0.15) is 83.1 Å². The fraction of sp³-hybridized carbons (Fsp3) is 0.548. The van der Waals surface area contributed by atoms with E-state index in [2.05, 4.69) is 34.5 Å². The molecule has 0 saturated heterocycles. The van der Waals surface area contributed by atoms with E-state index in [1.165, 1.54) is 0 Å². The normalized spacial score (nSPS) is 9.82. The molecule has 0 saturated carbocycles. The average Bonchev–Trinajstić information content (AvgIpc) is 2.88. The largest absolute Gasteiger partial charge is 0.508 e. The van der Waals surface area contributed by atoms with Gasteiger partial charge in [0.2, 0.25) is 0 Å². The van der Waals surface area contributed by atoms with E-state index in [1.54, 1.807) is 34.1 Å². The molecule has 1 N–H and O–H groups in total. The number of methoxy groups -OCH3 is 2. The average molecular weight is 630 g/mol. The van der Waals surface area contributed by atoms with E-state index in [0.717, 1.165) is 33.8 Å². The van der Waals surface area contributed by atoms with Crippen molar-refractivity contribution in [3.8, 4) is 23.0 Å². The zero-order valence-electron chi connectivity index (χ0n) is 25.0. The minimum atomic E-state index is -0.356. The summed E-state index contributed by atoms with van der Waals surface area (Å²) in [5, 5.41) is 9.92. The minimum absolute atomic E-state index is 0. The zero-order chi connectivity index (χ0) is 30.1. The lowest BCUT2D eigenvalue weighted by molar-refractivity contribution is -0.145. The lowest BCUT2D eigenvalue weighted by Crippen LogP contribution is -2.15. The topological polar surface area (TPSA) is 101 Å². The fourth-order valence-electron chi connectivity index (χ4n) is 3.38. The molecule has 0 heterocycles. The van der Waals surface area contributed by atoms with Crippen LogP contribution >= 0.6 is 15.9 Å². The monoisotopic (exact) mass is 628 g/mol. The van der Waals surface area contributed by atoms with Gasteiger partial charge in [0.1, 0.15) is 28.3 Å². The van der Waals surface area contributed by atoms with Crippen LogP contribution in [0.2, 0.25) is 0 Å². The second-order valence-corrected chi connectivity index (χ2v) is 9.64. The van der Waals surface area contributed by atoms with Gasteiger partial charge in [-0.1, -0.05) is 51.1 Å². The number of esters is 2. The molecular formula is C31H49BrO8. The third-order valence-corrected chi connectivity index (χ3v) is 5.84. The molecule has 0 fully saturated rings. The van der Waals surface area contributed by atoms with Crippen molar-refractivity contribution in [1.29, 1.82) is 0 Å². The van der Waals surface area contributed by atoms with Crippen molar-refractivity contribution in [2.24, 2.45) is 0 Å². The standard InChI is InChI=1S/C15H22O4.C11H16O2.C4H7BrO2.CH4/c1-6-18-15(16)9-19-14-7-11(4)13(17-5)8-12(14)10(2)3;1-7(2)9-6-11(13-4)8(3)5-10(9)12;1-2-7-4(6)3-5;/h7-8,10H,6,9H2,1-5H3;5-7,12H,1-4H3;2-3H2,1H3;1H4. The van der Waals surface area contributed by atoms with Gasteiger partial charge in [0.25, 0.3) is 0 Å². The first-order valence-electron chi connectivity index (χ1n) is 12.9. The molecule has 2 aromatic rings. The van der Waals surface area contributed by atoms with E-state index in [-0.39, 0.29) is 31.9 Å². The number of rotatable bonds is 10. The summed E-state index contributed by atoms with van der Waals surface area (Å²) in [7, 11) is 3.29. The number of hydrogen-bond donors (Lipinski definition) is 1.